The monoisotopic (exact) mass is 294 g/mol. The van der Waals surface area contributed by atoms with Crippen LogP contribution in [0.2, 0.25) is 0 Å². The van der Waals surface area contributed by atoms with Crippen molar-refractivity contribution in [3.8, 4) is 0 Å². The molecular formula is C18H34N2O. The van der Waals surface area contributed by atoms with Gasteiger partial charge in [0.2, 0.25) is 5.91 Å². The first kappa shape index (κ1) is 16.8. The van der Waals surface area contributed by atoms with E-state index in [-0.39, 0.29) is 0 Å². The molecule has 122 valence electrons. The van der Waals surface area contributed by atoms with Crippen molar-refractivity contribution in [2.45, 2.75) is 78.2 Å². The van der Waals surface area contributed by atoms with Gasteiger partial charge in [-0.15, -0.1) is 0 Å². The molecule has 2 fully saturated rings. The van der Waals surface area contributed by atoms with Gasteiger partial charge in [-0.25, -0.2) is 0 Å². The maximum absolute atomic E-state index is 12.8. The zero-order valence-corrected chi connectivity index (χ0v) is 14.2. The molecule has 2 aliphatic rings. The van der Waals surface area contributed by atoms with Crippen molar-refractivity contribution in [3.05, 3.63) is 0 Å². The van der Waals surface area contributed by atoms with Gasteiger partial charge in [0.05, 0.1) is 0 Å². The van der Waals surface area contributed by atoms with Gasteiger partial charge in [0, 0.05) is 18.5 Å². The normalized spacial score (nSPS) is 30.7. The fraction of sp³-hybridized carbons (Fsp3) is 0.944. The van der Waals surface area contributed by atoms with Crippen LogP contribution in [0.15, 0.2) is 0 Å². The molecule has 1 aliphatic carbocycles. The molecule has 3 nitrogen and oxygen atoms in total. The van der Waals surface area contributed by atoms with Crippen LogP contribution >= 0.6 is 0 Å². The summed E-state index contributed by atoms with van der Waals surface area (Å²) in [6.45, 7) is 8.73. The summed E-state index contributed by atoms with van der Waals surface area (Å²) in [5, 5.41) is 0. The molecular weight excluding hydrogens is 260 g/mol. The van der Waals surface area contributed by atoms with Gasteiger partial charge in [-0.1, -0.05) is 20.8 Å². The quantitative estimate of drug-likeness (QED) is 0.861. The maximum atomic E-state index is 12.8. The Hall–Kier alpha value is -0.570. The molecule has 0 aromatic rings. The molecule has 0 spiro atoms. The van der Waals surface area contributed by atoms with E-state index >= 15 is 0 Å². The van der Waals surface area contributed by atoms with Gasteiger partial charge in [-0.05, 0) is 69.2 Å². The maximum Gasteiger partial charge on any atom is 0.225 e. The lowest BCUT2D eigenvalue weighted by Crippen LogP contribution is -2.41. The number of hydrogen-bond acceptors (Lipinski definition) is 2. The largest absolute Gasteiger partial charge is 0.339 e. The lowest BCUT2D eigenvalue weighted by atomic mass is 9.69. The van der Waals surface area contributed by atoms with Crippen LogP contribution in [-0.4, -0.2) is 29.9 Å². The Morgan fingerprint density at radius 2 is 1.81 bits per heavy atom. The van der Waals surface area contributed by atoms with E-state index in [0.29, 0.717) is 23.3 Å². The zero-order chi connectivity index (χ0) is 15.5. The van der Waals surface area contributed by atoms with Crippen molar-refractivity contribution in [3.63, 3.8) is 0 Å². The molecule has 1 heterocycles. The third-order valence-electron chi connectivity index (χ3n) is 5.70. The number of carbonyl (C=O) groups is 1. The third kappa shape index (κ3) is 4.21. The molecule has 0 aromatic carbocycles. The number of likely N-dealkylation sites (tertiary alicyclic amines) is 1. The summed E-state index contributed by atoms with van der Waals surface area (Å²) in [5.74, 6) is 1.53. The second-order valence-corrected chi connectivity index (χ2v) is 8.17. The number of carbonyl (C=O) groups excluding carboxylic acids is 1. The van der Waals surface area contributed by atoms with Gasteiger partial charge in [-0.3, -0.25) is 4.79 Å². The average Bonchev–Trinajstić information content (AvgIpc) is 2.92. The van der Waals surface area contributed by atoms with E-state index in [1.54, 1.807) is 0 Å². The predicted octanol–water partition coefficient (Wildman–Crippen LogP) is 3.57. The summed E-state index contributed by atoms with van der Waals surface area (Å²) >= 11 is 0. The smallest absolute Gasteiger partial charge is 0.225 e. The highest BCUT2D eigenvalue weighted by atomic mass is 16.2. The van der Waals surface area contributed by atoms with Crippen LogP contribution in [0.4, 0.5) is 0 Å². The van der Waals surface area contributed by atoms with Crippen LogP contribution in [0.5, 0.6) is 0 Å². The molecule has 1 saturated heterocycles. The minimum atomic E-state index is 0.294. The Bertz CT molecular complexity index is 340. The molecule has 1 saturated carbocycles. The van der Waals surface area contributed by atoms with Gasteiger partial charge < -0.3 is 10.6 Å². The third-order valence-corrected chi connectivity index (χ3v) is 5.70. The molecule has 3 heteroatoms. The molecule has 1 aliphatic heterocycles. The number of rotatable bonds is 4. The van der Waals surface area contributed by atoms with Crippen LogP contribution in [-0.2, 0) is 4.79 Å². The van der Waals surface area contributed by atoms with Crippen molar-refractivity contribution in [1.29, 1.82) is 0 Å². The standard InChI is InChI=1S/C18H34N2O/c1-18(2,3)15-10-8-14(9-11-15)17(21)20-13-5-7-16(20)6-4-12-19/h14-16H,4-13,19H2,1-3H3. The van der Waals surface area contributed by atoms with E-state index < -0.39 is 0 Å². The van der Waals surface area contributed by atoms with E-state index in [2.05, 4.69) is 25.7 Å². The molecule has 2 rings (SSSR count). The fourth-order valence-electron chi connectivity index (χ4n) is 4.22. The summed E-state index contributed by atoms with van der Waals surface area (Å²) in [6.07, 6.45) is 9.15. The van der Waals surface area contributed by atoms with Crippen molar-refractivity contribution in [2.24, 2.45) is 23.0 Å². The number of hydrogen-bond donors (Lipinski definition) is 1. The Balaban J connectivity index is 1.86. The van der Waals surface area contributed by atoms with E-state index in [4.69, 9.17) is 5.73 Å². The second-order valence-electron chi connectivity index (χ2n) is 8.17. The Morgan fingerprint density at radius 3 is 2.38 bits per heavy atom. The van der Waals surface area contributed by atoms with Crippen LogP contribution in [0.25, 0.3) is 0 Å². The van der Waals surface area contributed by atoms with Crippen LogP contribution in [0, 0.1) is 17.3 Å². The first-order chi connectivity index (χ1) is 9.93. The van der Waals surface area contributed by atoms with Gasteiger partial charge in [0.1, 0.15) is 0 Å². The van der Waals surface area contributed by atoms with Crippen molar-refractivity contribution < 1.29 is 4.79 Å². The molecule has 0 aromatic heterocycles. The Kier molecular flexibility index (Phi) is 5.70. The van der Waals surface area contributed by atoms with Crippen LogP contribution < -0.4 is 5.73 Å². The molecule has 1 atom stereocenters. The second kappa shape index (κ2) is 7.13. The predicted molar refractivity (Wildman–Crippen MR) is 87.9 cm³/mol. The van der Waals surface area contributed by atoms with E-state index in [1.807, 2.05) is 0 Å². The Labute approximate surface area is 130 Å². The first-order valence-corrected chi connectivity index (χ1v) is 8.94. The highest BCUT2D eigenvalue weighted by Crippen LogP contribution is 2.40. The summed E-state index contributed by atoms with van der Waals surface area (Å²) in [7, 11) is 0. The van der Waals surface area contributed by atoms with Crippen molar-refractivity contribution >= 4 is 5.91 Å². The van der Waals surface area contributed by atoms with Crippen LogP contribution in [0.3, 0.4) is 0 Å². The summed E-state index contributed by atoms with van der Waals surface area (Å²) in [4.78, 5) is 15.0. The van der Waals surface area contributed by atoms with Gasteiger partial charge in [-0.2, -0.15) is 0 Å². The molecule has 2 N–H and O–H groups in total. The summed E-state index contributed by atoms with van der Waals surface area (Å²) in [5.41, 5.74) is 6.02. The topological polar surface area (TPSA) is 46.3 Å². The van der Waals surface area contributed by atoms with Crippen molar-refractivity contribution in [1.82, 2.24) is 4.90 Å². The number of nitrogens with two attached hydrogens (primary N) is 1. The van der Waals surface area contributed by atoms with E-state index in [9.17, 15) is 4.79 Å². The summed E-state index contributed by atoms with van der Waals surface area (Å²) in [6, 6.07) is 0.474. The minimum Gasteiger partial charge on any atom is -0.339 e. The van der Waals surface area contributed by atoms with Crippen LogP contribution in [0.1, 0.15) is 72.1 Å². The highest BCUT2D eigenvalue weighted by Gasteiger charge is 2.36. The number of amides is 1. The first-order valence-electron chi connectivity index (χ1n) is 8.94. The lowest BCUT2D eigenvalue weighted by molar-refractivity contribution is -0.138. The summed E-state index contributed by atoms with van der Waals surface area (Å²) < 4.78 is 0. The Morgan fingerprint density at radius 1 is 1.14 bits per heavy atom. The SMILES string of the molecule is CC(C)(C)C1CCC(C(=O)N2CCCC2CCCN)CC1. The molecule has 0 radical (unpaired) electrons. The molecule has 21 heavy (non-hydrogen) atoms. The zero-order valence-electron chi connectivity index (χ0n) is 14.2. The van der Waals surface area contributed by atoms with E-state index in [0.717, 1.165) is 44.7 Å². The number of nitrogens with zero attached hydrogens (tertiary/aromatic N) is 1. The molecule has 1 unspecified atom stereocenters. The van der Waals surface area contributed by atoms with Gasteiger partial charge >= 0.3 is 0 Å². The molecule has 0 bridgehead atoms. The lowest BCUT2D eigenvalue weighted by Gasteiger charge is -2.38. The fourth-order valence-corrected chi connectivity index (χ4v) is 4.22. The van der Waals surface area contributed by atoms with Gasteiger partial charge in [0.15, 0.2) is 0 Å². The van der Waals surface area contributed by atoms with E-state index in [1.165, 1.54) is 25.7 Å². The van der Waals surface area contributed by atoms with Crippen molar-refractivity contribution in [2.75, 3.05) is 13.1 Å². The average molecular weight is 294 g/mol. The minimum absolute atomic E-state index is 0.294. The highest BCUT2D eigenvalue weighted by molar-refractivity contribution is 5.79. The van der Waals surface area contributed by atoms with Gasteiger partial charge in [0.25, 0.3) is 0 Å². The molecule has 1 amide bonds.